The number of aromatic amines is 1. The Balaban J connectivity index is 1.81. The Morgan fingerprint density at radius 2 is 2.00 bits per heavy atom. The number of hydrogen-bond donors (Lipinski definition) is 1. The highest BCUT2D eigenvalue weighted by Gasteiger charge is 2.19. The van der Waals surface area contributed by atoms with Crippen LogP contribution in [0.15, 0.2) is 43.0 Å². The summed E-state index contributed by atoms with van der Waals surface area (Å²) in [5.74, 6) is -0.435. The molecule has 0 unspecified atom stereocenters. The monoisotopic (exact) mass is 353 g/mol. The summed E-state index contributed by atoms with van der Waals surface area (Å²) in [5, 5.41) is 6.99. The van der Waals surface area contributed by atoms with Crippen LogP contribution in [0.1, 0.15) is 35.0 Å². The highest BCUT2D eigenvalue weighted by atomic mass is 19.1. The second kappa shape index (κ2) is 7.86. The van der Waals surface area contributed by atoms with Crippen LogP contribution in [0.2, 0.25) is 0 Å². The zero-order valence-electron chi connectivity index (χ0n) is 14.7. The second-order valence-corrected chi connectivity index (χ2v) is 6.07. The van der Waals surface area contributed by atoms with Crippen molar-refractivity contribution < 1.29 is 9.18 Å². The van der Waals surface area contributed by atoms with Gasteiger partial charge in [-0.3, -0.25) is 9.89 Å². The van der Waals surface area contributed by atoms with Gasteiger partial charge in [-0.15, -0.1) is 0 Å². The van der Waals surface area contributed by atoms with Crippen LogP contribution >= 0.6 is 0 Å². The Morgan fingerprint density at radius 1 is 1.23 bits per heavy atom. The van der Waals surface area contributed by atoms with E-state index < -0.39 is 0 Å². The van der Waals surface area contributed by atoms with Crippen molar-refractivity contribution in [1.82, 2.24) is 25.1 Å². The van der Waals surface area contributed by atoms with Gasteiger partial charge >= 0.3 is 0 Å². The molecule has 2 aromatic heterocycles. The molecule has 0 aliphatic carbocycles. The molecular formula is C19H20FN5O. The topological polar surface area (TPSA) is 74.8 Å². The van der Waals surface area contributed by atoms with Crippen LogP contribution in [-0.2, 0) is 13.0 Å². The largest absolute Gasteiger partial charge is 0.337 e. The predicted molar refractivity (Wildman–Crippen MR) is 95.8 cm³/mol. The van der Waals surface area contributed by atoms with Gasteiger partial charge in [-0.1, -0.05) is 13.3 Å². The molecule has 0 aliphatic rings. The van der Waals surface area contributed by atoms with Crippen LogP contribution in [0.5, 0.6) is 0 Å². The van der Waals surface area contributed by atoms with Crippen molar-refractivity contribution in [2.24, 2.45) is 0 Å². The van der Waals surface area contributed by atoms with E-state index in [0.29, 0.717) is 12.1 Å². The molecule has 0 atom stereocenters. The first-order valence-corrected chi connectivity index (χ1v) is 8.42. The van der Waals surface area contributed by atoms with Gasteiger partial charge in [0.25, 0.3) is 5.91 Å². The first-order valence-electron chi connectivity index (χ1n) is 8.42. The van der Waals surface area contributed by atoms with E-state index in [4.69, 9.17) is 0 Å². The van der Waals surface area contributed by atoms with Crippen LogP contribution in [0.25, 0.3) is 11.3 Å². The minimum atomic E-state index is -0.297. The molecule has 0 bridgehead atoms. The van der Waals surface area contributed by atoms with Gasteiger partial charge in [-0.25, -0.2) is 14.4 Å². The predicted octanol–water partition coefficient (Wildman–Crippen LogP) is 3.23. The van der Waals surface area contributed by atoms with E-state index >= 15 is 0 Å². The van der Waals surface area contributed by atoms with Crippen molar-refractivity contribution in [3.05, 3.63) is 65.6 Å². The minimum absolute atomic E-state index is 0.139. The van der Waals surface area contributed by atoms with E-state index in [9.17, 15) is 9.18 Å². The fraction of sp³-hybridized carbons (Fsp3) is 0.263. The summed E-state index contributed by atoms with van der Waals surface area (Å²) in [5.41, 5.74) is 3.70. The lowest BCUT2D eigenvalue weighted by atomic mass is 10.1. The molecule has 0 aliphatic heterocycles. The van der Waals surface area contributed by atoms with Crippen molar-refractivity contribution in [2.45, 2.75) is 26.3 Å². The third kappa shape index (κ3) is 3.77. The quantitative estimate of drug-likeness (QED) is 0.738. The molecular weight excluding hydrogens is 333 g/mol. The maximum Gasteiger partial charge on any atom is 0.257 e. The third-order valence-corrected chi connectivity index (χ3v) is 4.12. The lowest BCUT2D eigenvalue weighted by molar-refractivity contribution is 0.0783. The number of aromatic nitrogens is 4. The number of aryl methyl sites for hydroxylation is 1. The van der Waals surface area contributed by atoms with E-state index in [1.54, 1.807) is 36.5 Å². The molecule has 0 radical (unpaired) electrons. The first-order chi connectivity index (χ1) is 12.6. The SMILES string of the molecule is CCCc1ncncc1C(=O)N(C)Cc1cn[nH]c1-c1ccc(F)cc1. The molecule has 3 aromatic rings. The number of nitrogens with one attached hydrogen (secondary N) is 1. The summed E-state index contributed by atoms with van der Waals surface area (Å²) in [4.78, 5) is 22.7. The number of benzene rings is 1. The number of hydrogen-bond acceptors (Lipinski definition) is 4. The molecule has 1 aromatic carbocycles. The Kier molecular flexibility index (Phi) is 5.36. The molecule has 0 saturated heterocycles. The highest BCUT2D eigenvalue weighted by Crippen LogP contribution is 2.23. The standard InChI is InChI=1S/C19H20FN5O/c1-3-4-17-16(10-21-12-22-17)19(26)25(2)11-14-9-23-24-18(14)13-5-7-15(20)8-6-13/h5-10,12H,3-4,11H2,1-2H3,(H,23,24). The zero-order valence-corrected chi connectivity index (χ0v) is 14.7. The number of carbonyl (C=O) groups is 1. The van der Waals surface area contributed by atoms with E-state index in [1.807, 2.05) is 6.92 Å². The molecule has 134 valence electrons. The highest BCUT2D eigenvalue weighted by molar-refractivity contribution is 5.94. The zero-order chi connectivity index (χ0) is 18.5. The average molecular weight is 353 g/mol. The summed E-state index contributed by atoms with van der Waals surface area (Å²) < 4.78 is 13.1. The third-order valence-electron chi connectivity index (χ3n) is 4.12. The molecule has 0 spiro atoms. The number of rotatable bonds is 6. The van der Waals surface area contributed by atoms with Crippen molar-refractivity contribution in [2.75, 3.05) is 7.05 Å². The van der Waals surface area contributed by atoms with Gasteiger partial charge in [-0.05, 0) is 30.7 Å². The van der Waals surface area contributed by atoms with Gasteiger partial charge in [0, 0.05) is 30.9 Å². The summed E-state index contributed by atoms with van der Waals surface area (Å²) in [7, 11) is 1.73. The molecule has 1 amide bonds. The summed E-state index contributed by atoms with van der Waals surface area (Å²) in [6.07, 6.45) is 6.33. The van der Waals surface area contributed by atoms with Crippen LogP contribution in [0.3, 0.4) is 0 Å². The lowest BCUT2D eigenvalue weighted by Gasteiger charge is -2.18. The van der Waals surface area contributed by atoms with Crippen LogP contribution < -0.4 is 0 Å². The van der Waals surface area contributed by atoms with E-state index in [1.165, 1.54) is 18.5 Å². The Bertz CT molecular complexity index is 891. The van der Waals surface area contributed by atoms with Crippen molar-refractivity contribution in [3.63, 3.8) is 0 Å². The number of nitrogens with zero attached hydrogens (tertiary/aromatic N) is 4. The molecule has 1 N–H and O–H groups in total. The Hall–Kier alpha value is -3.09. The molecule has 7 heteroatoms. The fourth-order valence-electron chi connectivity index (χ4n) is 2.80. The average Bonchev–Trinajstić information content (AvgIpc) is 3.10. The minimum Gasteiger partial charge on any atom is -0.337 e. The molecule has 6 nitrogen and oxygen atoms in total. The Morgan fingerprint density at radius 3 is 2.73 bits per heavy atom. The summed E-state index contributed by atoms with van der Waals surface area (Å²) in [6.45, 7) is 2.41. The van der Waals surface area contributed by atoms with Gasteiger partial charge < -0.3 is 4.90 Å². The smallest absolute Gasteiger partial charge is 0.257 e. The normalized spacial score (nSPS) is 10.7. The first kappa shape index (κ1) is 17.7. The van der Waals surface area contributed by atoms with Crippen molar-refractivity contribution >= 4 is 5.91 Å². The van der Waals surface area contributed by atoms with E-state index in [-0.39, 0.29) is 11.7 Å². The van der Waals surface area contributed by atoms with Crippen molar-refractivity contribution in [1.29, 1.82) is 0 Å². The van der Waals surface area contributed by atoms with Crippen LogP contribution in [0, 0.1) is 5.82 Å². The molecule has 0 saturated carbocycles. The van der Waals surface area contributed by atoms with Crippen LogP contribution in [-0.4, -0.2) is 38.0 Å². The summed E-state index contributed by atoms with van der Waals surface area (Å²) in [6, 6.07) is 6.15. The molecule has 2 heterocycles. The maximum atomic E-state index is 13.1. The van der Waals surface area contributed by atoms with E-state index in [0.717, 1.165) is 35.4 Å². The van der Waals surface area contributed by atoms with Gasteiger partial charge in [0.05, 0.1) is 23.1 Å². The van der Waals surface area contributed by atoms with Crippen LogP contribution in [0.4, 0.5) is 4.39 Å². The van der Waals surface area contributed by atoms with Gasteiger partial charge in [0.1, 0.15) is 12.1 Å². The van der Waals surface area contributed by atoms with Crippen molar-refractivity contribution in [3.8, 4) is 11.3 Å². The fourth-order valence-corrected chi connectivity index (χ4v) is 2.80. The number of H-pyrrole nitrogens is 1. The van der Waals surface area contributed by atoms with Gasteiger partial charge in [0.2, 0.25) is 0 Å². The molecule has 0 fully saturated rings. The van der Waals surface area contributed by atoms with Gasteiger partial charge in [0.15, 0.2) is 0 Å². The number of carbonyl (C=O) groups excluding carboxylic acids is 1. The van der Waals surface area contributed by atoms with Gasteiger partial charge in [-0.2, -0.15) is 5.10 Å². The molecule has 3 rings (SSSR count). The Labute approximate surface area is 151 Å². The number of amides is 1. The molecule has 26 heavy (non-hydrogen) atoms. The van der Waals surface area contributed by atoms with E-state index in [2.05, 4.69) is 20.2 Å². The number of halogens is 1. The maximum absolute atomic E-state index is 13.1. The summed E-state index contributed by atoms with van der Waals surface area (Å²) >= 11 is 0. The second-order valence-electron chi connectivity index (χ2n) is 6.07. The lowest BCUT2D eigenvalue weighted by Crippen LogP contribution is -2.27.